The van der Waals surface area contributed by atoms with Gasteiger partial charge in [0, 0.05) is 18.5 Å². The summed E-state index contributed by atoms with van der Waals surface area (Å²) < 4.78 is 0. The van der Waals surface area contributed by atoms with Crippen LogP contribution in [0.4, 0.5) is 0 Å². The summed E-state index contributed by atoms with van der Waals surface area (Å²) in [5.41, 5.74) is 0. The van der Waals surface area contributed by atoms with Gasteiger partial charge in [0.2, 0.25) is 5.91 Å². The zero-order valence-corrected chi connectivity index (χ0v) is 9.95. The van der Waals surface area contributed by atoms with E-state index in [-0.39, 0.29) is 24.4 Å². The van der Waals surface area contributed by atoms with Crippen molar-refractivity contribution in [3.63, 3.8) is 0 Å². The third kappa shape index (κ3) is 4.00. The number of aliphatic carboxylic acids is 1. The summed E-state index contributed by atoms with van der Waals surface area (Å²) in [5, 5.41) is 14.9. The molecule has 1 saturated carbocycles. The average Bonchev–Trinajstić information content (AvgIpc) is 2.97. The van der Waals surface area contributed by atoms with Gasteiger partial charge in [0.15, 0.2) is 0 Å². The third-order valence-electron chi connectivity index (χ3n) is 3.53. The van der Waals surface area contributed by atoms with Crippen molar-refractivity contribution < 1.29 is 14.7 Å². The molecule has 0 aromatic heterocycles. The monoisotopic (exact) mass is 240 g/mol. The molecule has 17 heavy (non-hydrogen) atoms. The van der Waals surface area contributed by atoms with Gasteiger partial charge in [0.1, 0.15) is 0 Å². The summed E-state index contributed by atoms with van der Waals surface area (Å²) in [7, 11) is 0. The fourth-order valence-electron chi connectivity index (χ4n) is 2.44. The van der Waals surface area contributed by atoms with Crippen LogP contribution in [0.5, 0.6) is 0 Å². The van der Waals surface area contributed by atoms with Crippen LogP contribution in [0.15, 0.2) is 0 Å². The lowest BCUT2D eigenvalue weighted by Crippen LogP contribution is -2.40. The quantitative estimate of drug-likeness (QED) is 0.631. The minimum atomic E-state index is -0.832. The molecule has 5 heteroatoms. The van der Waals surface area contributed by atoms with Crippen LogP contribution < -0.4 is 10.6 Å². The van der Waals surface area contributed by atoms with E-state index in [0.717, 1.165) is 32.2 Å². The first kappa shape index (κ1) is 12.4. The van der Waals surface area contributed by atoms with E-state index in [2.05, 4.69) is 10.6 Å². The number of nitrogens with one attached hydrogen (secondary N) is 2. The Balaban J connectivity index is 1.76. The summed E-state index contributed by atoms with van der Waals surface area (Å²) in [6.07, 6.45) is 4.77. The molecule has 2 rings (SSSR count). The SMILES string of the molecule is O=C(O)CC(NC(=O)CC1CCCN1)C1CC1. The van der Waals surface area contributed by atoms with Gasteiger partial charge in [-0.25, -0.2) is 0 Å². The van der Waals surface area contributed by atoms with Crippen LogP contribution in [0.25, 0.3) is 0 Å². The van der Waals surface area contributed by atoms with Crippen LogP contribution in [0, 0.1) is 5.92 Å². The number of rotatable bonds is 6. The third-order valence-corrected chi connectivity index (χ3v) is 3.53. The van der Waals surface area contributed by atoms with Gasteiger partial charge in [0.05, 0.1) is 6.42 Å². The van der Waals surface area contributed by atoms with Gasteiger partial charge in [0.25, 0.3) is 0 Å². The Morgan fingerprint density at radius 3 is 2.65 bits per heavy atom. The summed E-state index contributed by atoms with van der Waals surface area (Å²) in [5.74, 6) is -0.463. The molecule has 0 spiro atoms. The van der Waals surface area contributed by atoms with E-state index in [4.69, 9.17) is 5.11 Å². The zero-order valence-electron chi connectivity index (χ0n) is 9.95. The smallest absolute Gasteiger partial charge is 0.305 e. The highest BCUT2D eigenvalue weighted by Gasteiger charge is 2.34. The van der Waals surface area contributed by atoms with Crippen molar-refractivity contribution in [1.29, 1.82) is 0 Å². The molecule has 2 fully saturated rings. The minimum Gasteiger partial charge on any atom is -0.481 e. The molecule has 3 N–H and O–H groups in total. The topological polar surface area (TPSA) is 78.4 Å². The Morgan fingerprint density at radius 1 is 1.35 bits per heavy atom. The van der Waals surface area contributed by atoms with Gasteiger partial charge >= 0.3 is 5.97 Å². The standard InChI is InChI=1S/C12H20N2O3/c15-11(6-9-2-1-5-13-9)14-10(7-12(16)17)8-3-4-8/h8-10,13H,1-7H2,(H,14,15)(H,16,17). The first-order valence-corrected chi connectivity index (χ1v) is 6.39. The molecule has 0 aromatic rings. The van der Waals surface area contributed by atoms with E-state index < -0.39 is 5.97 Å². The molecule has 1 aliphatic carbocycles. The predicted molar refractivity (Wildman–Crippen MR) is 62.5 cm³/mol. The molecule has 1 saturated heterocycles. The van der Waals surface area contributed by atoms with Gasteiger partial charge in [-0.05, 0) is 38.1 Å². The minimum absolute atomic E-state index is 0.0115. The van der Waals surface area contributed by atoms with Crippen molar-refractivity contribution in [1.82, 2.24) is 10.6 Å². The van der Waals surface area contributed by atoms with Gasteiger partial charge in [-0.15, -0.1) is 0 Å². The van der Waals surface area contributed by atoms with E-state index in [1.165, 1.54) is 0 Å². The van der Waals surface area contributed by atoms with E-state index in [1.54, 1.807) is 0 Å². The molecule has 0 bridgehead atoms. The van der Waals surface area contributed by atoms with Crippen molar-refractivity contribution in [2.75, 3.05) is 6.54 Å². The van der Waals surface area contributed by atoms with Crippen LogP contribution in [-0.2, 0) is 9.59 Å². The van der Waals surface area contributed by atoms with Crippen molar-refractivity contribution >= 4 is 11.9 Å². The number of carbonyl (C=O) groups excluding carboxylic acids is 1. The summed E-state index contributed by atoms with van der Waals surface area (Å²) in [6.45, 7) is 0.985. The lowest BCUT2D eigenvalue weighted by molar-refractivity contribution is -0.137. The van der Waals surface area contributed by atoms with Crippen molar-refractivity contribution in [2.24, 2.45) is 5.92 Å². The van der Waals surface area contributed by atoms with Gasteiger partial charge in [-0.2, -0.15) is 0 Å². The normalized spacial score (nSPS) is 25.5. The lowest BCUT2D eigenvalue weighted by Gasteiger charge is -2.17. The van der Waals surface area contributed by atoms with E-state index in [1.807, 2.05) is 0 Å². The maximum Gasteiger partial charge on any atom is 0.305 e. The molecular weight excluding hydrogens is 220 g/mol. The number of hydrogen-bond donors (Lipinski definition) is 3. The van der Waals surface area contributed by atoms with Crippen molar-refractivity contribution in [3.8, 4) is 0 Å². The van der Waals surface area contributed by atoms with Gasteiger partial charge < -0.3 is 15.7 Å². The molecule has 96 valence electrons. The van der Waals surface area contributed by atoms with Gasteiger partial charge in [-0.3, -0.25) is 9.59 Å². The maximum atomic E-state index is 11.8. The highest BCUT2D eigenvalue weighted by molar-refractivity contribution is 5.78. The Hall–Kier alpha value is -1.10. The highest BCUT2D eigenvalue weighted by Crippen LogP contribution is 2.34. The Labute approximate surface area is 101 Å². The fraction of sp³-hybridized carbons (Fsp3) is 0.833. The zero-order chi connectivity index (χ0) is 12.3. The Morgan fingerprint density at radius 2 is 2.12 bits per heavy atom. The number of carboxylic acid groups (broad SMARTS) is 1. The molecule has 1 heterocycles. The molecule has 2 aliphatic rings. The highest BCUT2D eigenvalue weighted by atomic mass is 16.4. The van der Waals surface area contributed by atoms with E-state index in [9.17, 15) is 9.59 Å². The lowest BCUT2D eigenvalue weighted by atomic mass is 10.1. The Bertz CT molecular complexity index is 296. The number of carbonyl (C=O) groups is 2. The summed E-state index contributed by atoms with van der Waals surface area (Å²) >= 11 is 0. The summed E-state index contributed by atoms with van der Waals surface area (Å²) in [4.78, 5) is 22.5. The van der Waals surface area contributed by atoms with Crippen LogP contribution in [0.1, 0.15) is 38.5 Å². The van der Waals surface area contributed by atoms with Gasteiger partial charge in [-0.1, -0.05) is 0 Å². The predicted octanol–water partition coefficient (Wildman–Crippen LogP) is 0.498. The first-order valence-electron chi connectivity index (χ1n) is 6.39. The van der Waals surface area contributed by atoms with E-state index in [0.29, 0.717) is 12.3 Å². The Kier molecular flexibility index (Phi) is 3.99. The largest absolute Gasteiger partial charge is 0.481 e. The molecule has 5 nitrogen and oxygen atoms in total. The molecule has 2 unspecified atom stereocenters. The second-order valence-corrected chi connectivity index (χ2v) is 5.11. The molecule has 1 amide bonds. The first-order chi connectivity index (χ1) is 8.15. The molecule has 2 atom stereocenters. The second-order valence-electron chi connectivity index (χ2n) is 5.11. The maximum absolute atomic E-state index is 11.8. The van der Waals surface area contributed by atoms with Crippen LogP contribution in [0.2, 0.25) is 0 Å². The molecular formula is C12H20N2O3. The number of hydrogen-bond acceptors (Lipinski definition) is 3. The van der Waals surface area contributed by atoms with Crippen LogP contribution in [0.3, 0.4) is 0 Å². The van der Waals surface area contributed by atoms with Crippen molar-refractivity contribution in [3.05, 3.63) is 0 Å². The number of carboxylic acids is 1. The fourth-order valence-corrected chi connectivity index (χ4v) is 2.44. The molecule has 0 radical (unpaired) electrons. The van der Waals surface area contributed by atoms with Crippen molar-refractivity contribution in [2.45, 2.75) is 50.6 Å². The van der Waals surface area contributed by atoms with Crippen LogP contribution in [-0.4, -0.2) is 35.6 Å². The van der Waals surface area contributed by atoms with E-state index >= 15 is 0 Å². The molecule has 1 aliphatic heterocycles. The molecule has 0 aromatic carbocycles. The number of amides is 1. The summed E-state index contributed by atoms with van der Waals surface area (Å²) in [6, 6.07) is 0.112. The van der Waals surface area contributed by atoms with Crippen LogP contribution >= 0.6 is 0 Å². The average molecular weight is 240 g/mol. The second kappa shape index (κ2) is 5.49.